The van der Waals surface area contributed by atoms with E-state index in [1.807, 2.05) is 19.1 Å². The van der Waals surface area contributed by atoms with Crippen molar-refractivity contribution >= 4 is 0 Å². The van der Waals surface area contributed by atoms with E-state index in [2.05, 4.69) is 0 Å². The molecule has 0 aliphatic heterocycles. The summed E-state index contributed by atoms with van der Waals surface area (Å²) in [6.45, 7) is 1.98. The molecule has 0 heterocycles. The van der Waals surface area contributed by atoms with Crippen molar-refractivity contribution in [1.82, 2.24) is 0 Å². The highest BCUT2D eigenvalue weighted by Gasteiger charge is 2.59. The molecule has 1 saturated carbocycles. The van der Waals surface area contributed by atoms with Gasteiger partial charge in [-0.25, -0.2) is 0 Å². The van der Waals surface area contributed by atoms with Crippen LogP contribution < -0.4 is 0 Å². The number of hydrogen-bond donors (Lipinski definition) is 4. The third-order valence-corrected chi connectivity index (χ3v) is 6.36. The predicted molar refractivity (Wildman–Crippen MR) is 81.8 cm³/mol. The molecule has 0 radical (unpaired) electrons. The number of aryl methyl sites for hydroxylation is 1. The van der Waals surface area contributed by atoms with Gasteiger partial charge in [0.1, 0.15) is 17.6 Å². The molecule has 1 aromatic rings. The Bertz CT molecular complexity index is 665. The Hall–Kier alpha value is -1.68. The lowest BCUT2D eigenvalue weighted by atomic mass is 9.55. The number of allylic oxidation sites excluding steroid dienone is 1. The van der Waals surface area contributed by atoms with E-state index in [-0.39, 0.29) is 23.4 Å². The first kappa shape index (κ1) is 13.9. The summed E-state index contributed by atoms with van der Waals surface area (Å²) in [6, 6.07) is 5.57. The summed E-state index contributed by atoms with van der Waals surface area (Å²) in [5.41, 5.74) is 1.98. The molecule has 0 spiro atoms. The fraction of sp³-hybridized carbons (Fsp3) is 0.556. The number of phenols is 1. The van der Waals surface area contributed by atoms with Crippen molar-refractivity contribution in [2.75, 3.05) is 0 Å². The van der Waals surface area contributed by atoms with Gasteiger partial charge in [0.15, 0.2) is 5.76 Å². The topological polar surface area (TPSA) is 80.9 Å². The van der Waals surface area contributed by atoms with Crippen LogP contribution in [-0.2, 0) is 6.42 Å². The maximum Gasteiger partial charge on any atom is 0.159 e. The number of rotatable bonds is 0. The molecule has 4 N–H and O–H groups in total. The van der Waals surface area contributed by atoms with Crippen molar-refractivity contribution < 1.29 is 20.4 Å². The predicted octanol–water partition coefficient (Wildman–Crippen LogP) is 3.16. The van der Waals surface area contributed by atoms with Gasteiger partial charge in [0, 0.05) is 11.3 Å². The van der Waals surface area contributed by atoms with Crippen LogP contribution in [0.25, 0.3) is 0 Å². The Kier molecular flexibility index (Phi) is 2.80. The van der Waals surface area contributed by atoms with E-state index in [0.29, 0.717) is 11.7 Å². The smallest absolute Gasteiger partial charge is 0.159 e. The van der Waals surface area contributed by atoms with Gasteiger partial charge in [-0.2, -0.15) is 0 Å². The second kappa shape index (κ2) is 4.42. The summed E-state index contributed by atoms with van der Waals surface area (Å²) in [5, 5.41) is 40.4. The molecule has 118 valence electrons. The Balaban J connectivity index is 1.77. The van der Waals surface area contributed by atoms with Gasteiger partial charge in [-0.3, -0.25) is 0 Å². The quantitative estimate of drug-likeness (QED) is 0.593. The van der Waals surface area contributed by atoms with Crippen molar-refractivity contribution in [2.24, 2.45) is 17.3 Å². The van der Waals surface area contributed by atoms with Crippen LogP contribution in [0.3, 0.4) is 0 Å². The van der Waals surface area contributed by atoms with Crippen LogP contribution in [0.4, 0.5) is 0 Å². The zero-order chi connectivity index (χ0) is 15.6. The van der Waals surface area contributed by atoms with Crippen LogP contribution in [0.1, 0.15) is 43.2 Å². The number of aliphatic hydroxyl groups excluding tert-OH is 3. The minimum atomic E-state index is -0.959. The average molecular weight is 302 g/mol. The summed E-state index contributed by atoms with van der Waals surface area (Å²) in [6.07, 6.45) is 2.52. The average Bonchev–Trinajstić information content (AvgIpc) is 2.68. The number of phenolic OH excluding ortho intramolecular Hbond substituents is 1. The first-order valence-electron chi connectivity index (χ1n) is 8.05. The van der Waals surface area contributed by atoms with Crippen LogP contribution in [0.15, 0.2) is 29.7 Å². The summed E-state index contributed by atoms with van der Waals surface area (Å²) >= 11 is 0. The summed E-state index contributed by atoms with van der Waals surface area (Å²) < 4.78 is 0. The standard InChI is InChI=1S/C18H22O4/c1-18-7-6-12-11-5-3-10(19)8-9(11)2-4-13(12)14(18)15(20)16(21)17(18)22/h3,5,8,12-14,17,19-22H,2,4,6-7H2,1H3/t12?,13?,14?,17-,18-/m0/s1. The zero-order valence-electron chi connectivity index (χ0n) is 12.7. The maximum absolute atomic E-state index is 10.4. The zero-order valence-corrected chi connectivity index (χ0v) is 12.7. The van der Waals surface area contributed by atoms with E-state index in [0.717, 1.165) is 25.7 Å². The van der Waals surface area contributed by atoms with Gasteiger partial charge in [0.2, 0.25) is 0 Å². The Morgan fingerprint density at radius 2 is 1.86 bits per heavy atom. The molecule has 4 rings (SSSR count). The fourth-order valence-electron chi connectivity index (χ4n) is 5.24. The van der Waals surface area contributed by atoms with Gasteiger partial charge in [-0.15, -0.1) is 0 Å². The summed E-state index contributed by atoms with van der Waals surface area (Å²) in [5.74, 6) is 0.437. The number of fused-ring (bicyclic) bond motifs is 5. The Morgan fingerprint density at radius 1 is 1.09 bits per heavy atom. The number of benzene rings is 1. The van der Waals surface area contributed by atoms with Gasteiger partial charge < -0.3 is 20.4 Å². The molecule has 0 aromatic heterocycles. The molecule has 3 aliphatic rings. The van der Waals surface area contributed by atoms with E-state index < -0.39 is 11.5 Å². The number of hydrogen-bond acceptors (Lipinski definition) is 4. The van der Waals surface area contributed by atoms with Crippen molar-refractivity contribution in [3.8, 4) is 5.75 Å². The Labute approximate surface area is 129 Å². The second-order valence-electron chi connectivity index (χ2n) is 7.39. The van der Waals surface area contributed by atoms with Crippen LogP contribution in [0.5, 0.6) is 5.75 Å². The van der Waals surface area contributed by atoms with Gasteiger partial charge in [-0.1, -0.05) is 13.0 Å². The third-order valence-electron chi connectivity index (χ3n) is 6.36. The third kappa shape index (κ3) is 1.62. The summed E-state index contributed by atoms with van der Waals surface area (Å²) in [4.78, 5) is 0. The SMILES string of the molecule is C[C@]12CCC3c4ccc(O)cc4CCC3C1C(O)=C(O)[C@@H]2O. The minimum absolute atomic E-state index is 0.00747. The van der Waals surface area contributed by atoms with Crippen molar-refractivity contribution in [1.29, 1.82) is 0 Å². The molecular formula is C18H22O4. The lowest BCUT2D eigenvalue weighted by molar-refractivity contribution is -0.0334. The van der Waals surface area contributed by atoms with E-state index in [1.165, 1.54) is 11.1 Å². The second-order valence-corrected chi connectivity index (χ2v) is 7.39. The summed E-state index contributed by atoms with van der Waals surface area (Å²) in [7, 11) is 0. The van der Waals surface area contributed by atoms with Crippen molar-refractivity contribution in [3.63, 3.8) is 0 Å². The lowest BCUT2D eigenvalue weighted by Gasteiger charge is -2.49. The molecule has 0 saturated heterocycles. The lowest BCUT2D eigenvalue weighted by Crippen LogP contribution is -2.45. The molecular weight excluding hydrogens is 280 g/mol. The number of aromatic hydroxyl groups is 1. The van der Waals surface area contributed by atoms with E-state index in [1.54, 1.807) is 6.07 Å². The normalized spacial score (nSPS) is 40.1. The Morgan fingerprint density at radius 3 is 2.64 bits per heavy atom. The number of aliphatic hydroxyl groups is 3. The van der Waals surface area contributed by atoms with Gasteiger partial charge >= 0.3 is 0 Å². The van der Waals surface area contributed by atoms with E-state index in [4.69, 9.17) is 0 Å². The molecule has 1 fully saturated rings. The molecule has 5 atom stereocenters. The van der Waals surface area contributed by atoms with E-state index >= 15 is 0 Å². The molecule has 0 bridgehead atoms. The highest BCUT2D eigenvalue weighted by Crippen LogP contribution is 2.61. The van der Waals surface area contributed by atoms with Crippen molar-refractivity contribution in [2.45, 2.75) is 44.6 Å². The minimum Gasteiger partial charge on any atom is -0.508 e. The maximum atomic E-state index is 10.4. The van der Waals surface area contributed by atoms with E-state index in [9.17, 15) is 20.4 Å². The largest absolute Gasteiger partial charge is 0.508 e. The molecule has 3 aliphatic carbocycles. The molecule has 4 heteroatoms. The van der Waals surface area contributed by atoms with Crippen LogP contribution >= 0.6 is 0 Å². The van der Waals surface area contributed by atoms with Crippen LogP contribution in [0.2, 0.25) is 0 Å². The molecule has 22 heavy (non-hydrogen) atoms. The first-order valence-corrected chi connectivity index (χ1v) is 8.05. The van der Waals surface area contributed by atoms with Gasteiger partial charge in [0.05, 0.1) is 0 Å². The van der Waals surface area contributed by atoms with Crippen molar-refractivity contribution in [3.05, 3.63) is 40.8 Å². The van der Waals surface area contributed by atoms with Crippen LogP contribution in [0, 0.1) is 17.3 Å². The highest BCUT2D eigenvalue weighted by atomic mass is 16.3. The first-order chi connectivity index (χ1) is 10.4. The van der Waals surface area contributed by atoms with Crippen LogP contribution in [-0.4, -0.2) is 26.5 Å². The highest BCUT2D eigenvalue weighted by molar-refractivity contribution is 5.41. The van der Waals surface area contributed by atoms with Gasteiger partial charge in [-0.05, 0) is 60.8 Å². The molecule has 3 unspecified atom stereocenters. The fourth-order valence-corrected chi connectivity index (χ4v) is 5.24. The molecule has 4 nitrogen and oxygen atoms in total. The molecule has 1 aromatic carbocycles. The molecule has 0 amide bonds. The van der Waals surface area contributed by atoms with Gasteiger partial charge in [0.25, 0.3) is 0 Å². The monoisotopic (exact) mass is 302 g/mol.